The largest absolute Gasteiger partial charge is 0.383 e. The number of unbranched alkanes of at least 4 members (excludes halogenated alkanes) is 1. The molecule has 14 heavy (non-hydrogen) atoms. The van der Waals surface area contributed by atoms with Gasteiger partial charge in [0.25, 0.3) is 0 Å². The lowest BCUT2D eigenvalue weighted by molar-refractivity contribution is 0.147. The van der Waals surface area contributed by atoms with E-state index < -0.39 is 0 Å². The molecular weight excluding hydrogens is 194 g/mol. The van der Waals surface area contributed by atoms with Gasteiger partial charge in [0.1, 0.15) is 0 Å². The predicted octanol–water partition coefficient (Wildman–Crippen LogP) is 2.39. The first-order chi connectivity index (χ1) is 6.72. The van der Waals surface area contributed by atoms with Gasteiger partial charge in [-0.3, -0.25) is 0 Å². The fourth-order valence-corrected chi connectivity index (χ4v) is 1.82. The zero-order valence-corrected chi connectivity index (χ0v) is 10.8. The van der Waals surface area contributed by atoms with E-state index in [0.717, 1.165) is 13.2 Å². The van der Waals surface area contributed by atoms with Crippen LogP contribution in [0.1, 0.15) is 26.7 Å². The summed E-state index contributed by atoms with van der Waals surface area (Å²) in [5.74, 6) is 1.92. The van der Waals surface area contributed by atoms with Crippen molar-refractivity contribution in [3.8, 4) is 0 Å². The summed E-state index contributed by atoms with van der Waals surface area (Å²) in [5, 5.41) is 3.54. The van der Waals surface area contributed by atoms with E-state index in [2.05, 4.69) is 25.4 Å². The fourth-order valence-electron chi connectivity index (χ4n) is 1.33. The Morgan fingerprint density at radius 2 is 2.00 bits per heavy atom. The summed E-state index contributed by atoms with van der Waals surface area (Å²) in [7, 11) is 1.77. The molecule has 0 radical (unpaired) electrons. The molecule has 3 heteroatoms. The standard InChI is InChI=1S/C11H25NOS/c1-10(2)11(9-13-3)12-7-5-6-8-14-4/h10-12H,5-9H2,1-4H3. The molecule has 2 nitrogen and oxygen atoms in total. The molecule has 1 unspecified atom stereocenters. The normalized spacial score (nSPS) is 13.5. The SMILES string of the molecule is COCC(NCCCCSC)C(C)C. The molecule has 0 aliphatic carbocycles. The maximum absolute atomic E-state index is 5.18. The van der Waals surface area contributed by atoms with Gasteiger partial charge in [-0.1, -0.05) is 13.8 Å². The van der Waals surface area contributed by atoms with Crippen molar-refractivity contribution in [3.05, 3.63) is 0 Å². The van der Waals surface area contributed by atoms with Gasteiger partial charge >= 0.3 is 0 Å². The first-order valence-electron chi connectivity index (χ1n) is 5.43. The molecule has 0 saturated carbocycles. The zero-order chi connectivity index (χ0) is 10.8. The summed E-state index contributed by atoms with van der Waals surface area (Å²) in [5.41, 5.74) is 0. The van der Waals surface area contributed by atoms with E-state index >= 15 is 0 Å². The van der Waals surface area contributed by atoms with Crippen molar-refractivity contribution in [3.63, 3.8) is 0 Å². The molecule has 0 bridgehead atoms. The van der Waals surface area contributed by atoms with Gasteiger partial charge in [-0.2, -0.15) is 11.8 Å². The molecule has 0 fully saturated rings. The Morgan fingerprint density at radius 3 is 2.50 bits per heavy atom. The minimum absolute atomic E-state index is 0.509. The van der Waals surface area contributed by atoms with E-state index in [1.54, 1.807) is 7.11 Å². The lowest BCUT2D eigenvalue weighted by Crippen LogP contribution is -2.38. The fraction of sp³-hybridized carbons (Fsp3) is 1.00. The van der Waals surface area contributed by atoms with E-state index in [1.807, 2.05) is 11.8 Å². The summed E-state index contributed by atoms with van der Waals surface area (Å²) < 4.78 is 5.18. The minimum atomic E-state index is 0.509. The Morgan fingerprint density at radius 1 is 1.29 bits per heavy atom. The van der Waals surface area contributed by atoms with Crippen molar-refractivity contribution in [2.24, 2.45) is 5.92 Å². The summed E-state index contributed by atoms with van der Waals surface area (Å²) in [6.45, 7) is 6.41. The number of rotatable bonds is 9. The van der Waals surface area contributed by atoms with Gasteiger partial charge in [0, 0.05) is 13.2 Å². The summed E-state index contributed by atoms with van der Waals surface area (Å²) in [4.78, 5) is 0. The first-order valence-corrected chi connectivity index (χ1v) is 6.83. The second-order valence-corrected chi connectivity index (χ2v) is 4.95. The van der Waals surface area contributed by atoms with Gasteiger partial charge in [0.15, 0.2) is 0 Å². The van der Waals surface area contributed by atoms with Crippen LogP contribution < -0.4 is 5.32 Å². The highest BCUT2D eigenvalue weighted by atomic mass is 32.2. The molecule has 1 N–H and O–H groups in total. The highest BCUT2D eigenvalue weighted by Crippen LogP contribution is 2.03. The van der Waals surface area contributed by atoms with E-state index in [1.165, 1.54) is 18.6 Å². The molecule has 0 rings (SSSR count). The van der Waals surface area contributed by atoms with Gasteiger partial charge < -0.3 is 10.1 Å². The maximum Gasteiger partial charge on any atom is 0.0618 e. The quantitative estimate of drug-likeness (QED) is 0.602. The third kappa shape index (κ3) is 7.65. The number of methoxy groups -OCH3 is 1. The topological polar surface area (TPSA) is 21.3 Å². The van der Waals surface area contributed by atoms with Gasteiger partial charge in [0.05, 0.1) is 6.61 Å². The van der Waals surface area contributed by atoms with Crippen molar-refractivity contribution >= 4 is 11.8 Å². The van der Waals surface area contributed by atoms with E-state index in [4.69, 9.17) is 4.74 Å². The average Bonchev–Trinajstić information content (AvgIpc) is 2.15. The van der Waals surface area contributed by atoms with Crippen LogP contribution in [0.15, 0.2) is 0 Å². The van der Waals surface area contributed by atoms with Crippen LogP contribution in [0.4, 0.5) is 0 Å². The van der Waals surface area contributed by atoms with Crippen LogP contribution in [0, 0.1) is 5.92 Å². The van der Waals surface area contributed by atoms with Crippen LogP contribution in [0.5, 0.6) is 0 Å². The molecule has 0 amide bonds. The first kappa shape index (κ1) is 14.3. The van der Waals surface area contributed by atoms with Gasteiger partial charge in [-0.25, -0.2) is 0 Å². The minimum Gasteiger partial charge on any atom is -0.383 e. The van der Waals surface area contributed by atoms with Crippen LogP contribution >= 0.6 is 11.8 Å². The second kappa shape index (κ2) is 9.81. The van der Waals surface area contributed by atoms with E-state index in [0.29, 0.717) is 12.0 Å². The summed E-state index contributed by atoms with van der Waals surface area (Å²) in [6, 6.07) is 0.509. The Kier molecular flexibility index (Phi) is 10.0. The second-order valence-electron chi connectivity index (χ2n) is 3.96. The highest BCUT2D eigenvalue weighted by molar-refractivity contribution is 7.98. The highest BCUT2D eigenvalue weighted by Gasteiger charge is 2.11. The molecule has 0 aliphatic rings. The number of thioether (sulfide) groups is 1. The molecular formula is C11H25NOS. The molecule has 0 aromatic carbocycles. The number of ether oxygens (including phenoxy) is 1. The molecule has 0 saturated heterocycles. The van der Waals surface area contributed by atoms with E-state index in [-0.39, 0.29) is 0 Å². The molecule has 0 aromatic heterocycles. The van der Waals surface area contributed by atoms with Crippen LogP contribution in [0.25, 0.3) is 0 Å². The van der Waals surface area contributed by atoms with Crippen molar-refractivity contribution in [1.29, 1.82) is 0 Å². The van der Waals surface area contributed by atoms with Crippen molar-refractivity contribution in [2.45, 2.75) is 32.7 Å². The van der Waals surface area contributed by atoms with Crippen LogP contribution in [0.3, 0.4) is 0 Å². The monoisotopic (exact) mass is 219 g/mol. The van der Waals surface area contributed by atoms with Gasteiger partial charge in [-0.15, -0.1) is 0 Å². The Labute approximate surface area is 93.2 Å². The summed E-state index contributed by atoms with van der Waals surface area (Å²) >= 11 is 1.92. The van der Waals surface area contributed by atoms with Gasteiger partial charge in [0.2, 0.25) is 0 Å². The molecule has 1 atom stereocenters. The zero-order valence-electron chi connectivity index (χ0n) is 10.0. The smallest absolute Gasteiger partial charge is 0.0618 e. The maximum atomic E-state index is 5.18. The molecule has 0 aromatic rings. The number of hydrogen-bond acceptors (Lipinski definition) is 3. The molecule has 0 heterocycles. The van der Waals surface area contributed by atoms with Crippen LogP contribution in [0.2, 0.25) is 0 Å². The van der Waals surface area contributed by atoms with Crippen LogP contribution in [-0.2, 0) is 4.74 Å². The Hall–Kier alpha value is 0.270. The molecule has 0 aliphatic heterocycles. The molecule has 86 valence electrons. The van der Waals surface area contributed by atoms with Crippen molar-refractivity contribution in [1.82, 2.24) is 5.32 Å². The Balaban J connectivity index is 3.41. The third-order valence-electron chi connectivity index (χ3n) is 2.33. The van der Waals surface area contributed by atoms with Crippen molar-refractivity contribution < 1.29 is 4.74 Å². The number of hydrogen-bond donors (Lipinski definition) is 1. The Bertz CT molecular complexity index is 120. The predicted molar refractivity (Wildman–Crippen MR) is 66.1 cm³/mol. The molecule has 0 spiro atoms. The van der Waals surface area contributed by atoms with Crippen LogP contribution in [-0.4, -0.2) is 38.3 Å². The lowest BCUT2D eigenvalue weighted by Gasteiger charge is -2.21. The van der Waals surface area contributed by atoms with Gasteiger partial charge in [-0.05, 0) is 37.3 Å². The number of nitrogens with one attached hydrogen (secondary N) is 1. The average molecular weight is 219 g/mol. The third-order valence-corrected chi connectivity index (χ3v) is 3.03. The summed E-state index contributed by atoms with van der Waals surface area (Å²) in [6.07, 6.45) is 4.75. The van der Waals surface area contributed by atoms with E-state index in [9.17, 15) is 0 Å². The lowest BCUT2D eigenvalue weighted by atomic mass is 10.1. The van der Waals surface area contributed by atoms with Crippen molar-refractivity contribution in [2.75, 3.05) is 32.3 Å².